The number of halogens is 1. The highest BCUT2D eigenvalue weighted by Gasteiger charge is 2.22. The molecule has 1 aliphatic heterocycles. The SMILES string of the molecule is Cc1cc(-c2ccc(Cl)cc2)nc(SCC(=O)N2CCCc3ccccc32)n1. The molecule has 3 aromatic rings. The van der Waals surface area contributed by atoms with Crippen LogP contribution in [0.15, 0.2) is 59.8 Å². The molecule has 1 aliphatic rings. The van der Waals surface area contributed by atoms with Crippen LogP contribution in [0.5, 0.6) is 0 Å². The van der Waals surface area contributed by atoms with Crippen molar-refractivity contribution in [2.24, 2.45) is 0 Å². The van der Waals surface area contributed by atoms with E-state index >= 15 is 0 Å². The highest BCUT2D eigenvalue weighted by molar-refractivity contribution is 7.99. The van der Waals surface area contributed by atoms with Gasteiger partial charge < -0.3 is 4.90 Å². The van der Waals surface area contributed by atoms with Crippen molar-refractivity contribution in [3.05, 3.63) is 70.9 Å². The smallest absolute Gasteiger partial charge is 0.237 e. The van der Waals surface area contributed by atoms with Crippen LogP contribution in [0.1, 0.15) is 17.7 Å². The number of hydrogen-bond acceptors (Lipinski definition) is 4. The van der Waals surface area contributed by atoms with Crippen LogP contribution >= 0.6 is 23.4 Å². The summed E-state index contributed by atoms with van der Waals surface area (Å²) in [6.07, 6.45) is 2.02. The Morgan fingerprint density at radius 1 is 1.14 bits per heavy atom. The van der Waals surface area contributed by atoms with Gasteiger partial charge in [0.2, 0.25) is 5.91 Å². The number of thioether (sulfide) groups is 1. The molecule has 4 nitrogen and oxygen atoms in total. The van der Waals surface area contributed by atoms with Gasteiger partial charge in [-0.3, -0.25) is 4.79 Å². The Bertz CT molecular complexity index is 1010. The van der Waals surface area contributed by atoms with Gasteiger partial charge in [-0.05, 0) is 49.6 Å². The Labute approximate surface area is 174 Å². The number of hydrogen-bond donors (Lipinski definition) is 0. The molecule has 28 heavy (non-hydrogen) atoms. The van der Waals surface area contributed by atoms with E-state index in [0.29, 0.717) is 15.9 Å². The molecular weight excluding hydrogens is 390 g/mol. The lowest BCUT2D eigenvalue weighted by atomic mass is 10.0. The van der Waals surface area contributed by atoms with Gasteiger partial charge in [0.1, 0.15) is 0 Å². The van der Waals surface area contributed by atoms with Crippen LogP contribution in [-0.4, -0.2) is 28.2 Å². The molecule has 0 unspecified atom stereocenters. The molecule has 0 fully saturated rings. The summed E-state index contributed by atoms with van der Waals surface area (Å²) < 4.78 is 0. The number of nitrogens with zero attached hydrogens (tertiary/aromatic N) is 3. The largest absolute Gasteiger partial charge is 0.311 e. The molecule has 0 atom stereocenters. The first-order valence-corrected chi connectivity index (χ1v) is 10.6. The fourth-order valence-corrected chi connectivity index (χ4v) is 4.28. The van der Waals surface area contributed by atoms with Crippen molar-refractivity contribution in [2.45, 2.75) is 24.9 Å². The molecule has 0 N–H and O–H groups in total. The van der Waals surface area contributed by atoms with E-state index in [4.69, 9.17) is 11.6 Å². The average Bonchev–Trinajstić information content (AvgIpc) is 2.71. The van der Waals surface area contributed by atoms with Crippen molar-refractivity contribution in [3.8, 4) is 11.3 Å². The third kappa shape index (κ3) is 4.21. The second-order valence-corrected chi connectivity index (χ2v) is 8.13. The lowest BCUT2D eigenvalue weighted by Crippen LogP contribution is -2.36. The molecule has 0 radical (unpaired) electrons. The predicted octanol–water partition coefficient (Wildman–Crippen LogP) is 5.18. The van der Waals surface area contributed by atoms with Gasteiger partial charge in [-0.2, -0.15) is 0 Å². The molecule has 1 aromatic heterocycles. The summed E-state index contributed by atoms with van der Waals surface area (Å²) in [6, 6.07) is 17.7. The summed E-state index contributed by atoms with van der Waals surface area (Å²) in [5.41, 5.74) is 4.96. The molecule has 1 amide bonds. The fraction of sp³-hybridized carbons (Fsp3) is 0.227. The molecule has 0 saturated heterocycles. The van der Waals surface area contributed by atoms with Crippen LogP contribution in [0.2, 0.25) is 5.02 Å². The molecule has 0 saturated carbocycles. The number of carbonyl (C=O) groups excluding carboxylic acids is 1. The lowest BCUT2D eigenvalue weighted by Gasteiger charge is -2.29. The van der Waals surface area contributed by atoms with E-state index in [9.17, 15) is 4.79 Å². The maximum absolute atomic E-state index is 12.8. The predicted molar refractivity (Wildman–Crippen MR) is 115 cm³/mol. The molecule has 2 aromatic carbocycles. The van der Waals surface area contributed by atoms with Gasteiger partial charge in [-0.25, -0.2) is 9.97 Å². The van der Waals surface area contributed by atoms with Crippen molar-refractivity contribution in [3.63, 3.8) is 0 Å². The number of benzene rings is 2. The second-order valence-electron chi connectivity index (χ2n) is 6.75. The number of aryl methyl sites for hydroxylation is 2. The van der Waals surface area contributed by atoms with Crippen LogP contribution in [-0.2, 0) is 11.2 Å². The average molecular weight is 410 g/mol. The van der Waals surface area contributed by atoms with Crippen molar-refractivity contribution in [1.29, 1.82) is 0 Å². The standard InChI is InChI=1S/C22H20ClN3OS/c1-15-13-19(16-8-10-18(23)11-9-16)25-22(24-15)28-14-21(27)26-12-4-6-17-5-2-3-7-20(17)26/h2-3,5,7-11,13H,4,6,12,14H2,1H3. The van der Waals surface area contributed by atoms with E-state index in [2.05, 4.69) is 16.0 Å². The number of para-hydroxylation sites is 1. The van der Waals surface area contributed by atoms with E-state index in [1.807, 2.05) is 60.4 Å². The van der Waals surface area contributed by atoms with Gasteiger partial charge >= 0.3 is 0 Å². The van der Waals surface area contributed by atoms with E-state index in [-0.39, 0.29) is 5.91 Å². The molecule has 2 heterocycles. The number of fused-ring (bicyclic) bond motifs is 1. The third-order valence-electron chi connectivity index (χ3n) is 4.71. The van der Waals surface area contributed by atoms with Crippen LogP contribution in [0, 0.1) is 6.92 Å². The van der Waals surface area contributed by atoms with Gasteiger partial charge in [-0.1, -0.05) is 53.7 Å². The molecule has 0 spiro atoms. The highest BCUT2D eigenvalue weighted by Crippen LogP contribution is 2.28. The van der Waals surface area contributed by atoms with Gasteiger partial charge in [-0.15, -0.1) is 0 Å². The Morgan fingerprint density at radius 2 is 1.93 bits per heavy atom. The minimum Gasteiger partial charge on any atom is -0.311 e. The van der Waals surface area contributed by atoms with Gasteiger partial charge in [0.25, 0.3) is 0 Å². The van der Waals surface area contributed by atoms with Crippen LogP contribution < -0.4 is 4.90 Å². The van der Waals surface area contributed by atoms with Gasteiger partial charge in [0.05, 0.1) is 11.4 Å². The third-order valence-corrected chi connectivity index (χ3v) is 5.79. The number of rotatable bonds is 4. The molecule has 0 bridgehead atoms. The molecular formula is C22H20ClN3OS. The molecule has 4 rings (SSSR count). The maximum Gasteiger partial charge on any atom is 0.237 e. The first-order valence-electron chi connectivity index (χ1n) is 9.23. The summed E-state index contributed by atoms with van der Waals surface area (Å²) in [5, 5.41) is 1.31. The monoisotopic (exact) mass is 409 g/mol. The number of amides is 1. The Kier molecular flexibility index (Phi) is 5.64. The minimum atomic E-state index is 0.0929. The van der Waals surface area contributed by atoms with Crippen LogP contribution in [0.3, 0.4) is 0 Å². The van der Waals surface area contributed by atoms with E-state index in [1.165, 1.54) is 17.3 Å². The first kappa shape index (κ1) is 19.0. The lowest BCUT2D eigenvalue weighted by molar-refractivity contribution is -0.116. The maximum atomic E-state index is 12.8. The molecule has 0 aliphatic carbocycles. The van der Waals surface area contributed by atoms with Crippen molar-refractivity contribution in [1.82, 2.24) is 9.97 Å². The Morgan fingerprint density at radius 3 is 2.75 bits per heavy atom. The molecule has 6 heteroatoms. The van der Waals surface area contributed by atoms with Crippen LogP contribution in [0.4, 0.5) is 5.69 Å². The van der Waals surface area contributed by atoms with Crippen molar-refractivity contribution in [2.75, 3.05) is 17.2 Å². The summed E-state index contributed by atoms with van der Waals surface area (Å²) in [4.78, 5) is 23.9. The van der Waals surface area contributed by atoms with Gasteiger partial charge in [0.15, 0.2) is 5.16 Å². The molecule has 142 valence electrons. The normalized spacial score (nSPS) is 13.3. The quantitative estimate of drug-likeness (QED) is 0.440. The second kappa shape index (κ2) is 8.33. The Hall–Kier alpha value is -2.37. The summed E-state index contributed by atoms with van der Waals surface area (Å²) in [6.45, 7) is 2.70. The zero-order valence-electron chi connectivity index (χ0n) is 15.6. The summed E-state index contributed by atoms with van der Waals surface area (Å²) >= 11 is 7.36. The summed E-state index contributed by atoms with van der Waals surface area (Å²) in [5.74, 6) is 0.410. The zero-order chi connectivity index (χ0) is 19.5. The number of aromatic nitrogens is 2. The highest BCUT2D eigenvalue weighted by atomic mass is 35.5. The fourth-order valence-electron chi connectivity index (χ4n) is 3.37. The van der Waals surface area contributed by atoms with E-state index in [0.717, 1.165) is 42.0 Å². The summed E-state index contributed by atoms with van der Waals surface area (Å²) in [7, 11) is 0. The number of carbonyl (C=O) groups is 1. The van der Waals surface area contributed by atoms with Crippen molar-refractivity contribution >= 4 is 35.0 Å². The first-order chi connectivity index (χ1) is 13.6. The van der Waals surface area contributed by atoms with Gasteiger partial charge in [0, 0.05) is 28.5 Å². The van der Waals surface area contributed by atoms with E-state index in [1.54, 1.807) is 0 Å². The van der Waals surface area contributed by atoms with E-state index < -0.39 is 0 Å². The number of anilines is 1. The van der Waals surface area contributed by atoms with Crippen LogP contribution in [0.25, 0.3) is 11.3 Å². The Balaban J connectivity index is 1.49. The topological polar surface area (TPSA) is 46.1 Å². The minimum absolute atomic E-state index is 0.0929. The zero-order valence-corrected chi connectivity index (χ0v) is 17.1. The van der Waals surface area contributed by atoms with Crippen molar-refractivity contribution < 1.29 is 4.79 Å².